The molecule has 1 heterocycles. The van der Waals surface area contributed by atoms with Crippen LogP contribution in [0.3, 0.4) is 0 Å². The van der Waals surface area contributed by atoms with Gasteiger partial charge in [0.1, 0.15) is 11.3 Å². The molecule has 1 atom stereocenters. The molecule has 0 aliphatic heterocycles. The van der Waals surface area contributed by atoms with Crippen LogP contribution in [0.2, 0.25) is 10.0 Å². The van der Waals surface area contributed by atoms with Crippen LogP contribution in [-0.2, 0) is 19.0 Å². The van der Waals surface area contributed by atoms with Gasteiger partial charge in [-0.2, -0.15) is 0 Å². The number of halogens is 2. The molecule has 1 amide bonds. The SMILES string of the molecule is COC1=CC(C)(C(=O)Nc2cccc(-c3nc4cc(Cl)cc(Cl)c4o3)c2)CC(OC)=C1OC. The summed E-state index contributed by atoms with van der Waals surface area (Å²) in [6, 6.07) is 10.5. The molecule has 1 aromatic heterocycles. The summed E-state index contributed by atoms with van der Waals surface area (Å²) in [4.78, 5) is 17.8. The van der Waals surface area contributed by atoms with Gasteiger partial charge in [0.25, 0.3) is 0 Å². The van der Waals surface area contributed by atoms with Gasteiger partial charge in [-0.15, -0.1) is 0 Å². The Morgan fingerprint density at radius 1 is 1.12 bits per heavy atom. The molecule has 0 fully saturated rings. The molecule has 0 saturated carbocycles. The number of hydrogen-bond donors (Lipinski definition) is 1. The van der Waals surface area contributed by atoms with Crippen molar-refractivity contribution in [3.8, 4) is 11.5 Å². The molecular formula is C24H22Cl2N2O5. The average molecular weight is 489 g/mol. The predicted molar refractivity (Wildman–Crippen MR) is 127 cm³/mol. The maximum Gasteiger partial charge on any atom is 0.234 e. The molecule has 3 aromatic rings. The highest BCUT2D eigenvalue weighted by molar-refractivity contribution is 6.38. The minimum atomic E-state index is -0.920. The van der Waals surface area contributed by atoms with Crippen molar-refractivity contribution in [1.29, 1.82) is 0 Å². The van der Waals surface area contributed by atoms with E-state index < -0.39 is 5.41 Å². The Balaban J connectivity index is 1.61. The van der Waals surface area contributed by atoms with Gasteiger partial charge in [0.05, 0.1) is 31.8 Å². The number of nitrogens with zero attached hydrogens (tertiary/aromatic N) is 1. The summed E-state index contributed by atoms with van der Waals surface area (Å²) in [5.74, 6) is 1.58. The number of ether oxygens (including phenoxy) is 3. The number of allylic oxidation sites excluding steroid dienone is 1. The highest BCUT2D eigenvalue weighted by atomic mass is 35.5. The maximum atomic E-state index is 13.3. The zero-order chi connectivity index (χ0) is 23.8. The van der Waals surface area contributed by atoms with Gasteiger partial charge in [0.2, 0.25) is 11.8 Å². The maximum absolute atomic E-state index is 13.3. The molecule has 1 aliphatic carbocycles. The van der Waals surface area contributed by atoms with E-state index in [0.717, 1.165) is 0 Å². The first-order valence-electron chi connectivity index (χ1n) is 10.0. The summed E-state index contributed by atoms with van der Waals surface area (Å²) < 4.78 is 22.1. The number of rotatable bonds is 6. The van der Waals surface area contributed by atoms with Crippen LogP contribution in [0.15, 0.2) is 64.2 Å². The first-order valence-corrected chi connectivity index (χ1v) is 10.8. The average Bonchev–Trinajstić information content (AvgIpc) is 3.23. The summed E-state index contributed by atoms with van der Waals surface area (Å²) in [6.07, 6.45) is 2.05. The molecule has 9 heteroatoms. The molecule has 0 radical (unpaired) electrons. The van der Waals surface area contributed by atoms with Gasteiger partial charge in [-0.3, -0.25) is 4.79 Å². The van der Waals surface area contributed by atoms with Gasteiger partial charge in [-0.1, -0.05) is 29.3 Å². The fourth-order valence-electron chi connectivity index (χ4n) is 3.72. The van der Waals surface area contributed by atoms with Crippen molar-refractivity contribution in [2.75, 3.05) is 26.6 Å². The van der Waals surface area contributed by atoms with Crippen LogP contribution in [0.5, 0.6) is 0 Å². The molecule has 0 spiro atoms. The zero-order valence-electron chi connectivity index (χ0n) is 18.5. The largest absolute Gasteiger partial charge is 0.497 e. The number of anilines is 1. The number of nitrogens with one attached hydrogen (secondary N) is 1. The van der Waals surface area contributed by atoms with E-state index in [0.29, 0.717) is 62.0 Å². The zero-order valence-corrected chi connectivity index (χ0v) is 20.0. The first kappa shape index (κ1) is 23.0. The number of benzene rings is 2. The Labute approximate surface area is 200 Å². The third-order valence-corrected chi connectivity index (χ3v) is 5.92. The van der Waals surface area contributed by atoms with E-state index in [2.05, 4.69) is 10.3 Å². The molecule has 33 heavy (non-hydrogen) atoms. The monoisotopic (exact) mass is 488 g/mol. The topological polar surface area (TPSA) is 82.8 Å². The van der Waals surface area contributed by atoms with Crippen molar-refractivity contribution in [1.82, 2.24) is 4.98 Å². The van der Waals surface area contributed by atoms with Gasteiger partial charge in [0, 0.05) is 22.7 Å². The summed E-state index contributed by atoms with van der Waals surface area (Å²) >= 11 is 12.3. The summed E-state index contributed by atoms with van der Waals surface area (Å²) in [5, 5.41) is 3.81. The minimum absolute atomic E-state index is 0.230. The summed E-state index contributed by atoms with van der Waals surface area (Å²) in [6.45, 7) is 1.81. The lowest BCUT2D eigenvalue weighted by molar-refractivity contribution is -0.123. The van der Waals surface area contributed by atoms with Crippen molar-refractivity contribution >= 4 is 45.9 Å². The molecule has 172 valence electrons. The van der Waals surface area contributed by atoms with Gasteiger partial charge in [-0.25, -0.2) is 4.98 Å². The second-order valence-electron chi connectivity index (χ2n) is 7.76. The Kier molecular flexibility index (Phi) is 6.28. The van der Waals surface area contributed by atoms with E-state index in [1.807, 2.05) is 13.0 Å². The van der Waals surface area contributed by atoms with Crippen molar-refractivity contribution in [2.24, 2.45) is 5.41 Å². The lowest BCUT2D eigenvalue weighted by Crippen LogP contribution is -2.35. The quantitative estimate of drug-likeness (QED) is 0.445. The van der Waals surface area contributed by atoms with Gasteiger partial charge in [0.15, 0.2) is 17.1 Å². The Morgan fingerprint density at radius 2 is 1.91 bits per heavy atom. The standard InChI is InChI=1S/C24H22Cl2N2O5/c1-24(11-18(30-2)21(32-4)19(12-24)31-3)23(29)27-15-7-5-6-13(8-15)22-28-17-10-14(25)9-16(26)20(17)33-22/h5-11H,12H2,1-4H3,(H,27,29). The number of hydrogen-bond acceptors (Lipinski definition) is 6. The van der Waals surface area contributed by atoms with Crippen LogP contribution >= 0.6 is 23.2 Å². The van der Waals surface area contributed by atoms with Crippen LogP contribution < -0.4 is 5.32 Å². The van der Waals surface area contributed by atoms with Crippen LogP contribution in [0, 0.1) is 5.41 Å². The number of carbonyl (C=O) groups is 1. The molecule has 2 aromatic carbocycles. The van der Waals surface area contributed by atoms with Crippen LogP contribution in [-0.4, -0.2) is 32.2 Å². The van der Waals surface area contributed by atoms with Crippen molar-refractivity contribution < 1.29 is 23.4 Å². The second-order valence-corrected chi connectivity index (χ2v) is 8.60. The number of fused-ring (bicyclic) bond motifs is 1. The van der Waals surface area contributed by atoms with Crippen LogP contribution in [0.4, 0.5) is 5.69 Å². The summed E-state index contributed by atoms with van der Waals surface area (Å²) in [7, 11) is 4.59. The van der Waals surface area contributed by atoms with Crippen molar-refractivity contribution in [3.05, 3.63) is 69.8 Å². The third kappa shape index (κ3) is 4.38. The number of amides is 1. The van der Waals surface area contributed by atoms with E-state index in [-0.39, 0.29) is 5.91 Å². The van der Waals surface area contributed by atoms with E-state index >= 15 is 0 Å². The number of oxazole rings is 1. The van der Waals surface area contributed by atoms with Crippen LogP contribution in [0.1, 0.15) is 13.3 Å². The van der Waals surface area contributed by atoms with Crippen molar-refractivity contribution in [2.45, 2.75) is 13.3 Å². The van der Waals surface area contributed by atoms with Crippen LogP contribution in [0.25, 0.3) is 22.6 Å². The summed E-state index contributed by atoms with van der Waals surface area (Å²) in [5.41, 5.74) is 1.34. The fraction of sp³-hybridized carbons (Fsp3) is 0.250. The Bertz CT molecular complexity index is 1300. The molecule has 0 bridgehead atoms. The fourth-order valence-corrected chi connectivity index (χ4v) is 4.24. The smallest absolute Gasteiger partial charge is 0.234 e. The lowest BCUT2D eigenvalue weighted by atomic mass is 9.80. The normalized spacial score (nSPS) is 18.2. The molecular weight excluding hydrogens is 467 g/mol. The molecule has 0 saturated heterocycles. The second kappa shape index (κ2) is 9.00. The van der Waals surface area contributed by atoms with E-state index in [1.165, 1.54) is 21.3 Å². The Hall–Kier alpha value is -3.16. The number of methoxy groups -OCH3 is 3. The molecule has 4 rings (SSSR count). The number of carbonyl (C=O) groups excluding carboxylic acids is 1. The van der Waals surface area contributed by atoms with E-state index in [1.54, 1.807) is 36.4 Å². The Morgan fingerprint density at radius 3 is 2.61 bits per heavy atom. The molecule has 1 unspecified atom stereocenters. The first-order chi connectivity index (χ1) is 15.8. The highest BCUT2D eigenvalue weighted by Gasteiger charge is 2.39. The van der Waals surface area contributed by atoms with E-state index in [4.69, 9.17) is 41.8 Å². The highest BCUT2D eigenvalue weighted by Crippen LogP contribution is 2.39. The minimum Gasteiger partial charge on any atom is -0.497 e. The number of aromatic nitrogens is 1. The lowest BCUT2D eigenvalue weighted by Gasteiger charge is -2.31. The molecule has 1 aliphatic rings. The van der Waals surface area contributed by atoms with Gasteiger partial charge < -0.3 is 23.9 Å². The third-order valence-electron chi connectivity index (χ3n) is 5.42. The van der Waals surface area contributed by atoms with Gasteiger partial charge >= 0.3 is 0 Å². The predicted octanol–water partition coefficient (Wildman–Crippen LogP) is 6.18. The molecule has 1 N–H and O–H groups in total. The van der Waals surface area contributed by atoms with Crippen molar-refractivity contribution in [3.63, 3.8) is 0 Å². The molecule has 7 nitrogen and oxygen atoms in total. The van der Waals surface area contributed by atoms with E-state index in [9.17, 15) is 4.79 Å². The van der Waals surface area contributed by atoms with Gasteiger partial charge in [-0.05, 0) is 43.3 Å².